The van der Waals surface area contributed by atoms with Crippen molar-refractivity contribution < 1.29 is 9.59 Å². The molecule has 22 heavy (non-hydrogen) atoms. The fourth-order valence-corrected chi connectivity index (χ4v) is 3.05. The van der Waals surface area contributed by atoms with Gasteiger partial charge in [-0.1, -0.05) is 0 Å². The summed E-state index contributed by atoms with van der Waals surface area (Å²) in [6.07, 6.45) is 3.56. The highest BCUT2D eigenvalue weighted by atomic mass is 32.2. The minimum Gasteiger partial charge on any atom is -0.348 e. The molecule has 2 amide bonds. The van der Waals surface area contributed by atoms with Gasteiger partial charge in [0.1, 0.15) is 0 Å². The number of amides is 2. The van der Waals surface area contributed by atoms with E-state index in [2.05, 4.69) is 15.7 Å². The second kappa shape index (κ2) is 6.23. The second-order valence-electron chi connectivity index (χ2n) is 5.15. The second-order valence-corrected chi connectivity index (χ2v) is 6.17. The van der Waals surface area contributed by atoms with Crippen LogP contribution in [0.4, 0.5) is 5.69 Å². The third-order valence-corrected chi connectivity index (χ3v) is 4.35. The van der Waals surface area contributed by atoms with Crippen molar-refractivity contribution in [3.63, 3.8) is 0 Å². The van der Waals surface area contributed by atoms with Crippen molar-refractivity contribution in [2.75, 3.05) is 11.1 Å². The Morgan fingerprint density at radius 3 is 3.18 bits per heavy atom. The maximum Gasteiger partial charge on any atom is 0.251 e. The maximum atomic E-state index is 12.3. The Morgan fingerprint density at radius 2 is 2.41 bits per heavy atom. The molecule has 114 valence electrons. The lowest BCUT2D eigenvalue weighted by Crippen LogP contribution is -2.35. The third kappa shape index (κ3) is 3.30. The van der Waals surface area contributed by atoms with Gasteiger partial charge in [0.05, 0.1) is 18.0 Å². The van der Waals surface area contributed by atoms with Crippen LogP contribution in [0.2, 0.25) is 0 Å². The summed E-state index contributed by atoms with van der Waals surface area (Å²) in [5.74, 6) is 0.216. The first kappa shape index (κ1) is 14.6. The molecule has 2 aromatic rings. The number of hydrogen-bond acceptors (Lipinski definition) is 4. The molecule has 3 rings (SSSR count). The van der Waals surface area contributed by atoms with Gasteiger partial charge < -0.3 is 10.6 Å². The molecule has 0 bridgehead atoms. The zero-order valence-corrected chi connectivity index (χ0v) is 12.9. The molecule has 0 radical (unpaired) electrons. The van der Waals surface area contributed by atoms with Crippen molar-refractivity contribution in [2.24, 2.45) is 0 Å². The summed E-state index contributed by atoms with van der Waals surface area (Å²) in [5.41, 5.74) is 1.24. The predicted molar refractivity (Wildman–Crippen MR) is 85.0 cm³/mol. The summed E-state index contributed by atoms with van der Waals surface area (Å²) in [4.78, 5) is 24.7. The fourth-order valence-electron chi connectivity index (χ4n) is 2.27. The van der Waals surface area contributed by atoms with Crippen LogP contribution < -0.4 is 10.6 Å². The molecule has 0 aliphatic carbocycles. The first-order chi connectivity index (χ1) is 10.6. The van der Waals surface area contributed by atoms with Gasteiger partial charge in [-0.2, -0.15) is 5.10 Å². The van der Waals surface area contributed by atoms with Crippen LogP contribution in [0.15, 0.2) is 41.6 Å². The van der Waals surface area contributed by atoms with E-state index >= 15 is 0 Å². The Morgan fingerprint density at radius 1 is 1.55 bits per heavy atom. The number of carbonyl (C=O) groups is 2. The Hall–Kier alpha value is -2.28. The molecule has 2 heterocycles. The SMILES string of the molecule is C[C@H](Cn1cccn1)NC(=O)c1ccc2c(c1)NC(=O)CS2. The zero-order valence-electron chi connectivity index (χ0n) is 12.1. The summed E-state index contributed by atoms with van der Waals surface area (Å²) in [5, 5.41) is 9.84. The molecule has 6 nitrogen and oxygen atoms in total. The van der Waals surface area contributed by atoms with Gasteiger partial charge >= 0.3 is 0 Å². The molecule has 1 aromatic heterocycles. The Labute approximate surface area is 132 Å². The molecule has 0 spiro atoms. The van der Waals surface area contributed by atoms with Gasteiger partial charge in [0.25, 0.3) is 5.91 Å². The predicted octanol–water partition coefficient (Wildman–Crippen LogP) is 1.75. The van der Waals surface area contributed by atoms with Gasteiger partial charge in [0, 0.05) is 28.9 Å². The number of nitrogens with zero attached hydrogens (tertiary/aromatic N) is 2. The van der Waals surface area contributed by atoms with Gasteiger partial charge in [-0.15, -0.1) is 11.8 Å². The summed E-state index contributed by atoms with van der Waals surface area (Å²) in [6.45, 7) is 2.53. The minimum absolute atomic E-state index is 0.0397. The summed E-state index contributed by atoms with van der Waals surface area (Å²) < 4.78 is 1.77. The Bertz CT molecular complexity index is 700. The van der Waals surface area contributed by atoms with Crippen LogP contribution in [0.5, 0.6) is 0 Å². The van der Waals surface area contributed by atoms with E-state index < -0.39 is 0 Å². The number of fused-ring (bicyclic) bond motifs is 1. The molecule has 7 heteroatoms. The van der Waals surface area contributed by atoms with Crippen molar-refractivity contribution in [1.82, 2.24) is 15.1 Å². The number of nitrogens with one attached hydrogen (secondary N) is 2. The van der Waals surface area contributed by atoms with Crippen molar-refractivity contribution in [1.29, 1.82) is 0 Å². The van der Waals surface area contributed by atoms with E-state index in [1.807, 2.05) is 25.3 Å². The normalized spacial score (nSPS) is 14.9. The Balaban J connectivity index is 1.67. The number of thioether (sulfide) groups is 1. The lowest BCUT2D eigenvalue weighted by molar-refractivity contribution is -0.113. The molecule has 0 fully saturated rings. The van der Waals surface area contributed by atoms with Crippen molar-refractivity contribution in [3.8, 4) is 0 Å². The number of carbonyl (C=O) groups excluding carboxylic acids is 2. The molecule has 1 aliphatic rings. The lowest BCUT2D eigenvalue weighted by atomic mass is 10.1. The molecule has 1 aliphatic heterocycles. The van der Waals surface area contributed by atoms with E-state index in [9.17, 15) is 9.59 Å². The van der Waals surface area contributed by atoms with Crippen molar-refractivity contribution >= 4 is 29.3 Å². The Kier molecular flexibility index (Phi) is 4.15. The standard InChI is InChI=1S/C15H16N4O2S/c1-10(8-19-6-2-5-16-19)17-15(21)11-3-4-13-12(7-11)18-14(20)9-22-13/h2-7,10H,8-9H2,1H3,(H,17,21)(H,18,20)/t10-/m1/s1. The van der Waals surface area contributed by atoms with Crippen LogP contribution in [0.25, 0.3) is 0 Å². The summed E-state index contributed by atoms with van der Waals surface area (Å²) in [6, 6.07) is 7.16. The van der Waals surface area contributed by atoms with Gasteiger partial charge in [0.2, 0.25) is 5.91 Å². The first-order valence-corrected chi connectivity index (χ1v) is 7.95. The molecule has 1 aromatic carbocycles. The van der Waals surface area contributed by atoms with Crippen LogP contribution >= 0.6 is 11.8 Å². The maximum absolute atomic E-state index is 12.3. The minimum atomic E-state index is -0.160. The van der Waals surface area contributed by atoms with Crippen LogP contribution in [-0.4, -0.2) is 33.4 Å². The van der Waals surface area contributed by atoms with E-state index in [-0.39, 0.29) is 17.9 Å². The van der Waals surface area contributed by atoms with Crippen LogP contribution in [-0.2, 0) is 11.3 Å². The van der Waals surface area contributed by atoms with E-state index in [1.165, 1.54) is 11.8 Å². The van der Waals surface area contributed by atoms with Gasteiger partial charge in [-0.25, -0.2) is 0 Å². The molecular formula is C15H16N4O2S. The van der Waals surface area contributed by atoms with E-state index in [4.69, 9.17) is 0 Å². The monoisotopic (exact) mass is 316 g/mol. The summed E-state index contributed by atoms with van der Waals surface area (Å²) in [7, 11) is 0. The largest absolute Gasteiger partial charge is 0.348 e. The van der Waals surface area contributed by atoms with Gasteiger partial charge in [-0.05, 0) is 31.2 Å². The fraction of sp³-hybridized carbons (Fsp3) is 0.267. The number of aromatic nitrogens is 2. The highest BCUT2D eigenvalue weighted by Crippen LogP contribution is 2.31. The average molecular weight is 316 g/mol. The number of hydrogen-bond donors (Lipinski definition) is 2. The average Bonchev–Trinajstić information content (AvgIpc) is 2.99. The number of benzene rings is 1. The zero-order chi connectivity index (χ0) is 15.5. The van der Waals surface area contributed by atoms with Crippen molar-refractivity contribution in [2.45, 2.75) is 24.4 Å². The topological polar surface area (TPSA) is 76.0 Å². The molecule has 1 atom stereocenters. The molecule has 0 saturated carbocycles. The smallest absolute Gasteiger partial charge is 0.251 e. The van der Waals surface area contributed by atoms with Gasteiger partial charge in [-0.3, -0.25) is 14.3 Å². The third-order valence-electron chi connectivity index (χ3n) is 3.27. The lowest BCUT2D eigenvalue weighted by Gasteiger charge is -2.18. The van der Waals surface area contributed by atoms with Crippen LogP contribution in [0.1, 0.15) is 17.3 Å². The van der Waals surface area contributed by atoms with Crippen LogP contribution in [0, 0.1) is 0 Å². The van der Waals surface area contributed by atoms with E-state index in [0.29, 0.717) is 23.5 Å². The van der Waals surface area contributed by atoms with Crippen molar-refractivity contribution in [3.05, 3.63) is 42.2 Å². The van der Waals surface area contributed by atoms with Gasteiger partial charge in [0.15, 0.2) is 0 Å². The molecule has 0 saturated heterocycles. The first-order valence-electron chi connectivity index (χ1n) is 6.97. The molecule has 2 N–H and O–H groups in total. The number of anilines is 1. The van der Waals surface area contributed by atoms with E-state index in [1.54, 1.807) is 23.0 Å². The van der Waals surface area contributed by atoms with E-state index in [0.717, 1.165) is 4.90 Å². The highest BCUT2D eigenvalue weighted by Gasteiger charge is 2.18. The quantitative estimate of drug-likeness (QED) is 0.901. The summed E-state index contributed by atoms with van der Waals surface area (Å²) >= 11 is 1.48. The highest BCUT2D eigenvalue weighted by molar-refractivity contribution is 8.00. The van der Waals surface area contributed by atoms with Crippen LogP contribution in [0.3, 0.4) is 0 Å². The number of rotatable bonds is 4. The molecular weight excluding hydrogens is 300 g/mol. The molecule has 0 unspecified atom stereocenters.